The van der Waals surface area contributed by atoms with Gasteiger partial charge >= 0.3 is 6.09 Å². The zero-order valence-electron chi connectivity index (χ0n) is 22.6. The van der Waals surface area contributed by atoms with Crippen molar-refractivity contribution < 1.29 is 14.3 Å². The highest BCUT2D eigenvalue weighted by Gasteiger charge is 2.23. The molecule has 0 atom stereocenters. The van der Waals surface area contributed by atoms with Crippen molar-refractivity contribution in [2.75, 3.05) is 13.7 Å². The van der Waals surface area contributed by atoms with Crippen molar-refractivity contribution in [3.05, 3.63) is 119 Å². The molecule has 0 unspecified atom stereocenters. The number of H-pyrrole nitrogens is 1. The van der Waals surface area contributed by atoms with E-state index in [2.05, 4.69) is 10.1 Å². The van der Waals surface area contributed by atoms with Gasteiger partial charge in [0.05, 0.1) is 30.5 Å². The van der Waals surface area contributed by atoms with Crippen LogP contribution in [-0.4, -0.2) is 44.2 Å². The van der Waals surface area contributed by atoms with E-state index in [1.54, 1.807) is 26.3 Å². The first-order valence-electron chi connectivity index (χ1n) is 13.2. The van der Waals surface area contributed by atoms with Crippen molar-refractivity contribution in [2.45, 2.75) is 13.3 Å². The number of nitrogens with zero attached hydrogens (tertiary/aromatic N) is 4. The molecule has 0 bridgehead atoms. The van der Waals surface area contributed by atoms with Crippen LogP contribution in [0.1, 0.15) is 18.3 Å². The van der Waals surface area contributed by atoms with Gasteiger partial charge in [-0.1, -0.05) is 72.8 Å². The summed E-state index contributed by atoms with van der Waals surface area (Å²) >= 11 is 0. The average Bonchev–Trinajstić information content (AvgIpc) is 3.64. The van der Waals surface area contributed by atoms with Gasteiger partial charge in [-0.05, 0) is 36.2 Å². The molecule has 0 saturated heterocycles. The molecule has 41 heavy (non-hydrogen) atoms. The van der Waals surface area contributed by atoms with E-state index in [0.717, 1.165) is 21.4 Å². The molecule has 3 aromatic carbocycles. The van der Waals surface area contributed by atoms with E-state index in [-0.39, 0.29) is 18.6 Å². The lowest BCUT2D eigenvalue weighted by molar-refractivity contribution is 0.150. The smallest absolute Gasteiger partial charge is 0.434 e. The van der Waals surface area contributed by atoms with Crippen molar-refractivity contribution in [3.8, 4) is 39.3 Å². The molecule has 0 saturated carbocycles. The number of aromatic nitrogens is 5. The van der Waals surface area contributed by atoms with Gasteiger partial charge in [-0.2, -0.15) is 19.4 Å². The van der Waals surface area contributed by atoms with Gasteiger partial charge in [0.25, 0.3) is 5.56 Å². The summed E-state index contributed by atoms with van der Waals surface area (Å²) in [5.74, 6) is 0.679. The van der Waals surface area contributed by atoms with Gasteiger partial charge in [0.2, 0.25) is 0 Å². The number of hydrogen-bond donors (Lipinski definition) is 1. The van der Waals surface area contributed by atoms with Crippen LogP contribution in [0.5, 0.6) is 5.75 Å². The molecule has 204 valence electrons. The summed E-state index contributed by atoms with van der Waals surface area (Å²) in [4.78, 5) is 30.0. The highest BCUT2D eigenvalue weighted by atomic mass is 16.5. The molecule has 0 fully saturated rings. The first kappa shape index (κ1) is 25.8. The van der Waals surface area contributed by atoms with Gasteiger partial charge in [-0.25, -0.2) is 4.79 Å². The van der Waals surface area contributed by atoms with Gasteiger partial charge in [0, 0.05) is 23.9 Å². The maximum atomic E-state index is 14.3. The first-order chi connectivity index (χ1) is 20.1. The summed E-state index contributed by atoms with van der Waals surface area (Å²) in [6.45, 7) is 1.98. The van der Waals surface area contributed by atoms with Crippen molar-refractivity contribution >= 4 is 11.7 Å². The second-order valence-corrected chi connectivity index (χ2v) is 9.36. The van der Waals surface area contributed by atoms with Crippen LogP contribution < -0.4 is 10.3 Å². The minimum Gasteiger partial charge on any atom is -0.497 e. The predicted octanol–water partition coefficient (Wildman–Crippen LogP) is 5.82. The number of nitrogens with one attached hydrogen (secondary N) is 1. The van der Waals surface area contributed by atoms with Crippen LogP contribution in [0.15, 0.2) is 102 Å². The Morgan fingerprint density at radius 2 is 1.49 bits per heavy atom. The molecule has 6 aromatic rings. The topological polar surface area (TPSA) is 104 Å². The van der Waals surface area contributed by atoms with Gasteiger partial charge < -0.3 is 14.5 Å². The van der Waals surface area contributed by atoms with Crippen LogP contribution in [-0.2, 0) is 11.2 Å². The quantitative estimate of drug-likeness (QED) is 0.271. The predicted molar refractivity (Wildman–Crippen MR) is 156 cm³/mol. The van der Waals surface area contributed by atoms with Crippen molar-refractivity contribution in [3.63, 3.8) is 0 Å². The van der Waals surface area contributed by atoms with Gasteiger partial charge in [-0.3, -0.25) is 4.79 Å². The lowest BCUT2D eigenvalue weighted by Gasteiger charge is -2.11. The van der Waals surface area contributed by atoms with Gasteiger partial charge in [0.15, 0.2) is 0 Å². The SMILES string of the molecule is CCOC(=O)n1ccc(Cc2[nH]c3c(-c4ccccc4)c(-c4ccccc4)nn3c(=O)c2-c2ccc(OC)cc2)n1. The van der Waals surface area contributed by atoms with Gasteiger partial charge in [-0.15, -0.1) is 0 Å². The highest BCUT2D eigenvalue weighted by Crippen LogP contribution is 2.35. The molecule has 3 heterocycles. The van der Waals surface area contributed by atoms with E-state index >= 15 is 0 Å². The zero-order valence-corrected chi connectivity index (χ0v) is 22.6. The third-order valence-corrected chi connectivity index (χ3v) is 6.81. The fourth-order valence-corrected chi connectivity index (χ4v) is 4.91. The molecule has 9 nitrogen and oxygen atoms in total. The van der Waals surface area contributed by atoms with Crippen LogP contribution >= 0.6 is 0 Å². The maximum Gasteiger partial charge on any atom is 0.434 e. The summed E-state index contributed by atoms with van der Waals surface area (Å²) in [6, 6.07) is 28.7. The number of ether oxygens (including phenoxy) is 2. The molecule has 3 aromatic heterocycles. The Labute approximate surface area is 235 Å². The number of carbonyl (C=O) groups excluding carboxylic acids is 1. The van der Waals surface area contributed by atoms with Crippen LogP contribution in [0.4, 0.5) is 4.79 Å². The van der Waals surface area contributed by atoms with E-state index in [0.29, 0.717) is 39.6 Å². The molecule has 0 spiro atoms. The Kier molecular flexibility index (Phi) is 6.91. The molecular formula is C32H27N5O4. The van der Waals surface area contributed by atoms with E-state index in [4.69, 9.17) is 14.6 Å². The molecule has 6 rings (SSSR count). The van der Waals surface area contributed by atoms with Crippen LogP contribution in [0.2, 0.25) is 0 Å². The fourth-order valence-electron chi connectivity index (χ4n) is 4.91. The number of carbonyl (C=O) groups is 1. The lowest BCUT2D eigenvalue weighted by Crippen LogP contribution is -2.21. The second-order valence-electron chi connectivity index (χ2n) is 9.36. The van der Waals surface area contributed by atoms with Gasteiger partial charge in [0.1, 0.15) is 17.1 Å². The largest absolute Gasteiger partial charge is 0.497 e. The molecule has 0 radical (unpaired) electrons. The van der Waals surface area contributed by atoms with E-state index in [1.807, 2.05) is 84.9 Å². The molecule has 1 N–H and O–H groups in total. The maximum absolute atomic E-state index is 14.3. The molecule has 9 heteroatoms. The number of methoxy groups -OCH3 is 1. The van der Waals surface area contributed by atoms with E-state index in [1.165, 1.54) is 4.52 Å². The highest BCUT2D eigenvalue weighted by molar-refractivity contribution is 5.91. The third kappa shape index (κ3) is 4.89. The summed E-state index contributed by atoms with van der Waals surface area (Å²) in [7, 11) is 1.60. The molecule has 0 amide bonds. The summed E-state index contributed by atoms with van der Waals surface area (Å²) in [5.41, 5.74) is 5.99. The lowest BCUT2D eigenvalue weighted by atomic mass is 10.00. The molecular weight excluding hydrogens is 518 g/mol. The Balaban J connectivity index is 1.60. The Morgan fingerprint density at radius 3 is 2.15 bits per heavy atom. The van der Waals surface area contributed by atoms with Crippen molar-refractivity contribution in [1.29, 1.82) is 0 Å². The van der Waals surface area contributed by atoms with E-state index < -0.39 is 6.09 Å². The number of hydrogen-bond acceptors (Lipinski definition) is 6. The average molecular weight is 546 g/mol. The van der Waals surface area contributed by atoms with Crippen molar-refractivity contribution in [1.82, 2.24) is 24.4 Å². The summed E-state index contributed by atoms with van der Waals surface area (Å²) < 4.78 is 13.0. The third-order valence-electron chi connectivity index (χ3n) is 6.81. The van der Waals surface area contributed by atoms with E-state index in [9.17, 15) is 9.59 Å². The summed E-state index contributed by atoms with van der Waals surface area (Å²) in [6.07, 6.45) is 1.26. The number of aromatic amines is 1. The number of rotatable bonds is 7. The monoisotopic (exact) mass is 545 g/mol. The van der Waals surface area contributed by atoms with Crippen LogP contribution in [0.3, 0.4) is 0 Å². The minimum atomic E-state index is -0.562. The standard InChI is InChI=1S/C32H27N5O4/c1-3-41-32(39)36-19-18-24(34-36)20-26-27(22-14-16-25(40-2)17-15-22)31(38)37-30(33-26)28(21-10-6-4-7-11-21)29(35-37)23-12-8-5-9-13-23/h4-19,33H,3,20H2,1-2H3. The summed E-state index contributed by atoms with van der Waals surface area (Å²) in [5, 5.41) is 9.25. The number of benzene rings is 3. The fraction of sp³-hybridized carbons (Fsp3) is 0.125. The zero-order chi connectivity index (χ0) is 28.3. The Hall–Kier alpha value is -5.44. The minimum absolute atomic E-state index is 0.243. The number of fused-ring (bicyclic) bond motifs is 1. The molecule has 0 aliphatic rings. The van der Waals surface area contributed by atoms with Crippen LogP contribution in [0.25, 0.3) is 39.2 Å². The second kappa shape index (κ2) is 11.0. The molecule has 0 aliphatic carbocycles. The Bertz CT molecular complexity index is 1890. The Morgan fingerprint density at radius 1 is 0.829 bits per heavy atom. The van der Waals surface area contributed by atoms with Crippen LogP contribution in [0, 0.1) is 0 Å². The van der Waals surface area contributed by atoms with Crippen molar-refractivity contribution in [2.24, 2.45) is 0 Å². The normalized spacial score (nSPS) is 11.1. The first-order valence-corrected chi connectivity index (χ1v) is 13.2. The molecule has 0 aliphatic heterocycles.